The maximum atomic E-state index is 11.4. The summed E-state index contributed by atoms with van der Waals surface area (Å²) >= 11 is 0. The fourth-order valence-electron chi connectivity index (χ4n) is 0.910. The Balaban J connectivity index is 3.64. The van der Waals surface area contributed by atoms with E-state index in [9.17, 15) is 4.79 Å². The molecule has 0 aliphatic carbocycles. The minimum atomic E-state index is 0.182. The standard InChI is InChI=1S/C9H21N3O/c1-5-12(4)9(13)8-11(3)7-6-10-2/h10H,5-8H2,1-4H3. The molecule has 0 rings (SSSR count). The lowest BCUT2D eigenvalue weighted by Crippen LogP contribution is -2.38. The summed E-state index contributed by atoms with van der Waals surface area (Å²) < 4.78 is 0. The molecule has 0 atom stereocenters. The molecule has 0 aliphatic rings. The molecular formula is C9H21N3O. The molecule has 0 heterocycles. The molecule has 0 radical (unpaired) electrons. The van der Waals surface area contributed by atoms with Crippen LogP contribution in [0.5, 0.6) is 0 Å². The second-order valence-corrected chi connectivity index (χ2v) is 3.25. The lowest BCUT2D eigenvalue weighted by Gasteiger charge is -2.20. The van der Waals surface area contributed by atoms with Gasteiger partial charge in [-0.05, 0) is 21.0 Å². The molecule has 0 aromatic heterocycles. The molecule has 0 saturated carbocycles. The van der Waals surface area contributed by atoms with E-state index in [2.05, 4.69) is 5.32 Å². The third-order valence-electron chi connectivity index (χ3n) is 2.05. The summed E-state index contributed by atoms with van der Waals surface area (Å²) in [6.07, 6.45) is 0. The molecule has 0 saturated heterocycles. The highest BCUT2D eigenvalue weighted by Crippen LogP contribution is 1.87. The van der Waals surface area contributed by atoms with E-state index in [4.69, 9.17) is 0 Å². The van der Waals surface area contributed by atoms with E-state index in [1.165, 1.54) is 0 Å². The first-order valence-electron chi connectivity index (χ1n) is 4.69. The molecule has 4 nitrogen and oxygen atoms in total. The minimum absolute atomic E-state index is 0.182. The number of nitrogens with one attached hydrogen (secondary N) is 1. The molecule has 0 spiro atoms. The predicted molar refractivity (Wildman–Crippen MR) is 54.7 cm³/mol. The van der Waals surface area contributed by atoms with Gasteiger partial charge in [-0.1, -0.05) is 0 Å². The first-order valence-corrected chi connectivity index (χ1v) is 4.69. The van der Waals surface area contributed by atoms with Gasteiger partial charge in [0.05, 0.1) is 6.54 Å². The first kappa shape index (κ1) is 12.4. The number of hydrogen-bond donors (Lipinski definition) is 1. The Bertz CT molecular complexity index is 150. The van der Waals surface area contributed by atoms with Crippen LogP contribution in [0, 0.1) is 0 Å². The van der Waals surface area contributed by atoms with Gasteiger partial charge < -0.3 is 10.2 Å². The lowest BCUT2D eigenvalue weighted by molar-refractivity contribution is -0.130. The van der Waals surface area contributed by atoms with Crippen molar-refractivity contribution in [2.24, 2.45) is 0 Å². The Hall–Kier alpha value is -0.610. The molecule has 13 heavy (non-hydrogen) atoms. The number of hydrogen-bond acceptors (Lipinski definition) is 3. The van der Waals surface area contributed by atoms with Crippen molar-refractivity contribution in [1.29, 1.82) is 0 Å². The molecule has 0 fully saturated rings. The number of carbonyl (C=O) groups is 1. The number of amides is 1. The van der Waals surface area contributed by atoms with Crippen LogP contribution >= 0.6 is 0 Å². The van der Waals surface area contributed by atoms with Crippen LogP contribution in [0.25, 0.3) is 0 Å². The highest BCUT2D eigenvalue weighted by Gasteiger charge is 2.08. The van der Waals surface area contributed by atoms with Crippen molar-refractivity contribution in [3.63, 3.8) is 0 Å². The van der Waals surface area contributed by atoms with Crippen molar-refractivity contribution in [2.75, 3.05) is 47.3 Å². The number of rotatable bonds is 6. The van der Waals surface area contributed by atoms with Crippen LogP contribution in [0.1, 0.15) is 6.92 Å². The molecule has 1 N–H and O–H groups in total. The van der Waals surface area contributed by atoms with Crippen LogP contribution in [0.4, 0.5) is 0 Å². The maximum absolute atomic E-state index is 11.4. The zero-order valence-electron chi connectivity index (χ0n) is 9.13. The predicted octanol–water partition coefficient (Wildman–Crippen LogP) is -0.384. The summed E-state index contributed by atoms with van der Waals surface area (Å²) in [6.45, 7) is 5.08. The molecule has 4 heteroatoms. The molecule has 0 unspecified atom stereocenters. The SMILES string of the molecule is CCN(C)C(=O)CN(C)CCNC. The van der Waals surface area contributed by atoms with E-state index in [1.807, 2.05) is 33.0 Å². The van der Waals surface area contributed by atoms with Gasteiger partial charge in [0.2, 0.25) is 5.91 Å². The van der Waals surface area contributed by atoms with Crippen molar-refractivity contribution >= 4 is 5.91 Å². The Kier molecular flexibility index (Phi) is 6.54. The molecule has 0 aromatic carbocycles. The van der Waals surface area contributed by atoms with Gasteiger partial charge in [-0.15, -0.1) is 0 Å². The molecule has 0 bridgehead atoms. The highest BCUT2D eigenvalue weighted by atomic mass is 16.2. The van der Waals surface area contributed by atoms with Crippen molar-refractivity contribution in [3.8, 4) is 0 Å². The van der Waals surface area contributed by atoms with E-state index in [1.54, 1.807) is 4.90 Å². The Morgan fingerprint density at radius 3 is 2.46 bits per heavy atom. The fraction of sp³-hybridized carbons (Fsp3) is 0.889. The van der Waals surface area contributed by atoms with Crippen LogP contribution in [0.3, 0.4) is 0 Å². The summed E-state index contributed by atoms with van der Waals surface area (Å²) in [7, 11) is 5.70. The maximum Gasteiger partial charge on any atom is 0.236 e. The number of likely N-dealkylation sites (N-methyl/N-ethyl adjacent to an activating group) is 3. The van der Waals surface area contributed by atoms with Crippen molar-refractivity contribution in [3.05, 3.63) is 0 Å². The molecular weight excluding hydrogens is 166 g/mol. The van der Waals surface area contributed by atoms with Gasteiger partial charge in [0.1, 0.15) is 0 Å². The van der Waals surface area contributed by atoms with E-state index < -0.39 is 0 Å². The summed E-state index contributed by atoms with van der Waals surface area (Å²) in [5, 5.41) is 3.05. The van der Waals surface area contributed by atoms with E-state index in [-0.39, 0.29) is 5.91 Å². The summed E-state index contributed by atoms with van der Waals surface area (Å²) in [6, 6.07) is 0. The van der Waals surface area contributed by atoms with Crippen molar-refractivity contribution in [2.45, 2.75) is 6.92 Å². The second-order valence-electron chi connectivity index (χ2n) is 3.25. The summed E-state index contributed by atoms with van der Waals surface area (Å²) in [4.78, 5) is 15.2. The molecule has 78 valence electrons. The number of nitrogens with zero attached hydrogens (tertiary/aromatic N) is 2. The third kappa shape index (κ3) is 5.60. The first-order chi connectivity index (χ1) is 6.11. The summed E-state index contributed by atoms with van der Waals surface area (Å²) in [5.74, 6) is 0.182. The normalized spacial score (nSPS) is 10.5. The van der Waals surface area contributed by atoms with Crippen LogP contribution in [-0.2, 0) is 4.79 Å². The third-order valence-corrected chi connectivity index (χ3v) is 2.05. The molecule has 0 aromatic rings. The highest BCUT2D eigenvalue weighted by molar-refractivity contribution is 5.77. The lowest BCUT2D eigenvalue weighted by atomic mass is 10.4. The fourth-order valence-corrected chi connectivity index (χ4v) is 0.910. The Labute approximate surface area is 80.9 Å². The van der Waals surface area contributed by atoms with Gasteiger partial charge in [0.25, 0.3) is 0 Å². The Morgan fingerprint density at radius 1 is 1.38 bits per heavy atom. The largest absolute Gasteiger partial charge is 0.345 e. The van der Waals surface area contributed by atoms with Gasteiger partial charge in [-0.25, -0.2) is 0 Å². The monoisotopic (exact) mass is 187 g/mol. The molecule has 0 aliphatic heterocycles. The van der Waals surface area contributed by atoms with Gasteiger partial charge >= 0.3 is 0 Å². The number of carbonyl (C=O) groups excluding carboxylic acids is 1. The van der Waals surface area contributed by atoms with Crippen LogP contribution in [0.15, 0.2) is 0 Å². The quantitative estimate of drug-likeness (QED) is 0.615. The topological polar surface area (TPSA) is 35.6 Å². The van der Waals surface area contributed by atoms with E-state index in [0.29, 0.717) is 6.54 Å². The van der Waals surface area contributed by atoms with Crippen molar-refractivity contribution in [1.82, 2.24) is 15.1 Å². The Morgan fingerprint density at radius 2 is 2.00 bits per heavy atom. The van der Waals surface area contributed by atoms with Crippen LogP contribution in [-0.4, -0.2) is 63.0 Å². The van der Waals surface area contributed by atoms with E-state index in [0.717, 1.165) is 19.6 Å². The summed E-state index contributed by atoms with van der Waals surface area (Å²) in [5.41, 5.74) is 0. The smallest absolute Gasteiger partial charge is 0.236 e. The molecule has 1 amide bonds. The second kappa shape index (κ2) is 6.86. The van der Waals surface area contributed by atoms with Gasteiger partial charge in [-0.3, -0.25) is 9.69 Å². The average Bonchev–Trinajstić information content (AvgIpc) is 2.13. The van der Waals surface area contributed by atoms with Gasteiger partial charge in [-0.2, -0.15) is 0 Å². The van der Waals surface area contributed by atoms with Crippen LogP contribution in [0.2, 0.25) is 0 Å². The zero-order valence-corrected chi connectivity index (χ0v) is 9.13. The van der Waals surface area contributed by atoms with Crippen LogP contribution < -0.4 is 5.32 Å². The van der Waals surface area contributed by atoms with Gasteiger partial charge in [0.15, 0.2) is 0 Å². The van der Waals surface area contributed by atoms with Crippen molar-refractivity contribution < 1.29 is 4.79 Å². The zero-order chi connectivity index (χ0) is 10.3. The minimum Gasteiger partial charge on any atom is -0.345 e. The van der Waals surface area contributed by atoms with E-state index >= 15 is 0 Å². The average molecular weight is 187 g/mol. The van der Waals surface area contributed by atoms with Gasteiger partial charge in [0, 0.05) is 26.7 Å².